The molecule has 678 valence electrons. The van der Waals surface area contributed by atoms with Gasteiger partial charge in [0.2, 0.25) is 41.4 Å². The highest BCUT2D eigenvalue weighted by Crippen LogP contribution is 2.52. The minimum Gasteiger partial charge on any atom is -0.494 e. The first-order valence-corrected chi connectivity index (χ1v) is 43.6. The molecule has 2 aromatic rings. The van der Waals surface area contributed by atoms with Crippen LogP contribution in [-0.2, 0) is 99.1 Å². The number of ketones is 4. The highest BCUT2D eigenvalue weighted by atomic mass is 32.2. The summed E-state index contributed by atoms with van der Waals surface area (Å²) < 4.78 is 43.5. The number of thioether (sulfide) groups is 1. The number of methoxy groups -OCH3 is 3. The third-order valence-electron chi connectivity index (χ3n) is 23.9. The number of hydrogen-bond acceptors (Lipinski definition) is 24. The minimum atomic E-state index is -1.06. The van der Waals surface area contributed by atoms with Gasteiger partial charge in [0, 0.05) is 136 Å². The molecular weight excluding hydrogens is 1600 g/mol. The maximum atomic E-state index is 15.2. The zero-order chi connectivity index (χ0) is 90.7. The molecule has 1 unspecified atom stereocenters. The van der Waals surface area contributed by atoms with E-state index in [4.69, 9.17) is 34.3 Å². The molecule has 0 bridgehead atoms. The van der Waals surface area contributed by atoms with Crippen LogP contribution in [0.5, 0.6) is 5.75 Å². The summed E-state index contributed by atoms with van der Waals surface area (Å²) in [5, 5.41) is 5.42. The standard InChI is InChI=1S/C88H131FN10O22S/c1-18-55(8)80(96(14)84(112)63(53(4)5)44-68(102)79(54(6)7)93(10)11)71(117-16)45-76(107)98-49-61(43-66(98)81(118-17)56(9)82(110)91-48-69(103)59-31-32-70(116-15)64(89)41-59)120-87(115)95(13)39-38-94(12)86(114)119-50-58-29-27-57(28-30-58)40-67(101)65(25-21-22-26-73(90)104)92-83(111)62(52(2)3)42-60(100)24-20-19-23-37-97-77(108)46-72(85(97)113)122-51-88(35-36-88)47-78(109)121-99-74(105)33-34-75(99)106/h27-32,41,52-56,61-63,65-66,71-72,79-81H,18-26,33-40,42-51H2,1-17H3,(H2,90,104)(H,91,110)(H,92,111)/t55-,56+,61-,62-,63-,65-,66-,71+,72?,79-,80-,81+/m0/s1. The molecule has 3 aliphatic heterocycles. The molecule has 3 heterocycles. The number of nitrogens with two attached hydrogens (primary N) is 1. The van der Waals surface area contributed by atoms with E-state index < -0.39 is 143 Å². The normalized spacial score (nSPS) is 18.5. The van der Waals surface area contributed by atoms with Gasteiger partial charge < -0.3 is 64.5 Å². The Balaban J connectivity index is 1.02. The van der Waals surface area contributed by atoms with Gasteiger partial charge in [-0.3, -0.25) is 72.1 Å². The summed E-state index contributed by atoms with van der Waals surface area (Å²) in [6.45, 7) is 16.1. The first-order valence-electron chi connectivity index (χ1n) is 42.6. The Bertz CT molecular complexity index is 3980. The molecule has 6 rings (SSSR count). The monoisotopic (exact) mass is 1730 g/mol. The summed E-state index contributed by atoms with van der Waals surface area (Å²) in [5.41, 5.74) is 6.11. The second kappa shape index (κ2) is 48.1. The van der Waals surface area contributed by atoms with E-state index in [2.05, 4.69) is 10.6 Å². The van der Waals surface area contributed by atoms with Crippen LogP contribution in [0.2, 0.25) is 0 Å². The molecule has 0 spiro atoms. The van der Waals surface area contributed by atoms with Crippen LogP contribution in [0, 0.1) is 52.7 Å². The Labute approximate surface area is 720 Å². The summed E-state index contributed by atoms with van der Waals surface area (Å²) in [5.74, 6) is -9.65. The second-order valence-electron chi connectivity index (χ2n) is 34.5. The molecule has 12 atom stereocenters. The van der Waals surface area contributed by atoms with Crippen LogP contribution >= 0.6 is 11.8 Å². The highest BCUT2D eigenvalue weighted by molar-refractivity contribution is 8.00. The lowest BCUT2D eigenvalue weighted by molar-refractivity contribution is -0.198. The lowest BCUT2D eigenvalue weighted by atomic mass is 9.83. The predicted octanol–water partition coefficient (Wildman–Crippen LogP) is 8.26. The predicted molar refractivity (Wildman–Crippen MR) is 450 cm³/mol. The number of benzene rings is 2. The van der Waals surface area contributed by atoms with Gasteiger partial charge in [-0.05, 0) is 111 Å². The van der Waals surface area contributed by atoms with Crippen molar-refractivity contribution in [1.29, 1.82) is 0 Å². The molecule has 0 radical (unpaired) electrons. The number of primary amides is 1. The summed E-state index contributed by atoms with van der Waals surface area (Å²) in [7, 11) is 12.4. The Morgan fingerprint density at radius 3 is 1.91 bits per heavy atom. The van der Waals surface area contributed by atoms with Gasteiger partial charge in [0.15, 0.2) is 28.9 Å². The van der Waals surface area contributed by atoms with E-state index in [0.717, 1.165) is 6.07 Å². The first-order chi connectivity index (χ1) is 57.6. The lowest BCUT2D eigenvalue weighted by Gasteiger charge is -2.41. The number of likely N-dealkylation sites (N-methyl/N-ethyl adjacent to an activating group) is 4. The van der Waals surface area contributed by atoms with E-state index in [1.165, 1.54) is 78.9 Å². The summed E-state index contributed by atoms with van der Waals surface area (Å²) in [6, 6.07) is 7.43. The largest absolute Gasteiger partial charge is 0.494 e. The molecule has 2 aromatic carbocycles. The van der Waals surface area contributed by atoms with Crippen molar-refractivity contribution >= 4 is 106 Å². The number of ether oxygens (including phenoxy) is 5. The number of amides is 11. The smallest absolute Gasteiger partial charge is 0.409 e. The SMILES string of the molecule is CC[C@H](C)[C@@H]([C@@H](CC(=O)N1C[C@@H](OC(=O)N(C)CCN(C)C(=O)OCc2ccc(CC(=O)[C@H](CCCCC(N)=O)NC(=O)[C@@H](CC(=O)CCCCCN3C(=O)CC(SCC4(CC(=O)ON5C(=O)CCC5=O)CC4)C3=O)C(C)C)cc2)C[C@H]1[C@H](OC)[C@@H](C)C(=O)NCC(=O)c1ccc(OC)c(F)c1)OC)N(C)C(=O)[C@@H](CC(=O)[C@H](C(C)C)N(C)C)C(C)C. The fourth-order valence-electron chi connectivity index (χ4n) is 16.1. The number of unbranched alkanes of at least 4 members (excludes halogenated alkanes) is 3. The van der Waals surface area contributed by atoms with Crippen molar-refractivity contribution in [1.82, 2.24) is 45.1 Å². The van der Waals surface area contributed by atoms with Crippen molar-refractivity contribution < 1.29 is 110 Å². The first kappa shape index (κ1) is 102. The summed E-state index contributed by atoms with van der Waals surface area (Å²) in [6.07, 6.45) is -0.441. The average Bonchev–Trinajstić information content (AvgIpc) is 1.65. The third kappa shape index (κ3) is 29.5. The molecule has 4 aliphatic rings. The number of Topliss-reactive ketones (excluding diaryl/α,β-unsaturated/α-hetero) is 4. The maximum Gasteiger partial charge on any atom is 0.409 e. The average molecular weight is 1730 g/mol. The van der Waals surface area contributed by atoms with Crippen molar-refractivity contribution in [3.05, 3.63) is 65.0 Å². The van der Waals surface area contributed by atoms with E-state index in [1.54, 1.807) is 43.1 Å². The van der Waals surface area contributed by atoms with Crippen LogP contribution in [0.3, 0.4) is 0 Å². The van der Waals surface area contributed by atoms with Gasteiger partial charge in [0.1, 0.15) is 18.5 Å². The van der Waals surface area contributed by atoms with E-state index in [-0.39, 0.29) is 180 Å². The molecule has 3 saturated heterocycles. The number of hydroxylamine groups is 2. The summed E-state index contributed by atoms with van der Waals surface area (Å²) >= 11 is 1.31. The van der Waals surface area contributed by atoms with Crippen molar-refractivity contribution in [3.8, 4) is 5.75 Å². The molecule has 1 aliphatic carbocycles. The highest BCUT2D eigenvalue weighted by Gasteiger charge is 2.50. The lowest BCUT2D eigenvalue weighted by Crippen LogP contribution is -2.54. The van der Waals surface area contributed by atoms with E-state index in [1.807, 2.05) is 74.4 Å². The van der Waals surface area contributed by atoms with Crippen LogP contribution in [0.1, 0.15) is 206 Å². The number of carbonyl (C=O) groups is 16. The van der Waals surface area contributed by atoms with Gasteiger partial charge >= 0.3 is 18.2 Å². The van der Waals surface area contributed by atoms with Crippen LogP contribution in [-0.4, -0.2) is 272 Å². The second-order valence-corrected chi connectivity index (χ2v) is 35.6. The number of carbonyl (C=O) groups excluding carboxylic acids is 16. The molecule has 32 nitrogen and oxygen atoms in total. The zero-order valence-corrected chi connectivity index (χ0v) is 75.1. The van der Waals surface area contributed by atoms with E-state index in [0.29, 0.717) is 73.3 Å². The number of nitrogens with zero attached hydrogens (tertiary/aromatic N) is 7. The van der Waals surface area contributed by atoms with E-state index in [9.17, 15) is 76.3 Å². The number of nitrogens with one attached hydrogen (secondary N) is 2. The zero-order valence-electron chi connectivity index (χ0n) is 74.3. The molecule has 1 saturated carbocycles. The van der Waals surface area contributed by atoms with Gasteiger partial charge in [-0.15, -0.1) is 16.8 Å². The number of halogens is 1. The minimum absolute atomic E-state index is 0.00451. The van der Waals surface area contributed by atoms with Crippen LogP contribution in [0.25, 0.3) is 0 Å². The fraction of sp³-hybridized carbons (Fsp3) is 0.682. The Hall–Kier alpha value is -9.28. The maximum absolute atomic E-state index is 15.2. The van der Waals surface area contributed by atoms with E-state index >= 15 is 4.79 Å². The molecule has 34 heteroatoms. The van der Waals surface area contributed by atoms with Gasteiger partial charge in [0.05, 0.1) is 80.6 Å². The molecule has 4 fully saturated rings. The van der Waals surface area contributed by atoms with Gasteiger partial charge in [-0.2, -0.15) is 0 Å². The molecule has 122 heavy (non-hydrogen) atoms. The Kier molecular flexibility index (Phi) is 40.0. The van der Waals surface area contributed by atoms with Gasteiger partial charge in [0.25, 0.3) is 11.8 Å². The number of hydrogen-bond donors (Lipinski definition) is 3. The fourth-order valence-corrected chi connectivity index (χ4v) is 17.6. The molecule has 4 N–H and O–H groups in total. The van der Waals surface area contributed by atoms with Gasteiger partial charge in [-0.25, -0.2) is 18.8 Å². The Morgan fingerprint density at radius 1 is 0.705 bits per heavy atom. The number of rotatable bonds is 53. The van der Waals surface area contributed by atoms with Crippen LogP contribution < -0.4 is 21.1 Å². The third-order valence-corrected chi connectivity index (χ3v) is 25.5. The van der Waals surface area contributed by atoms with Crippen molar-refractivity contribution in [3.63, 3.8) is 0 Å². The topological polar surface area (TPSA) is 401 Å². The molecular formula is C88H131FN10O22S. The van der Waals surface area contributed by atoms with Crippen LogP contribution in [0.4, 0.5) is 14.0 Å². The summed E-state index contributed by atoms with van der Waals surface area (Å²) in [4.78, 5) is 228. The van der Waals surface area contributed by atoms with Crippen molar-refractivity contribution in [2.45, 2.75) is 245 Å². The van der Waals surface area contributed by atoms with Gasteiger partial charge in [-0.1, -0.05) is 106 Å². The van der Waals surface area contributed by atoms with Crippen LogP contribution in [0.15, 0.2) is 42.5 Å². The van der Waals surface area contributed by atoms with Crippen molar-refractivity contribution in [2.75, 3.05) is 95.0 Å². The Morgan fingerprint density at radius 2 is 1.34 bits per heavy atom. The van der Waals surface area contributed by atoms with Crippen molar-refractivity contribution in [2.24, 2.45) is 52.6 Å². The quantitative estimate of drug-likeness (QED) is 0.0318. The number of imide groups is 2. The molecule has 11 amide bonds. The number of likely N-dealkylation sites (tertiary alicyclic amines) is 2. The molecule has 0 aromatic heterocycles.